The standard InChI is InChI=1S/C21H25N3O3S/c1-15(14-17-7-5-13-28-17)22-19(25)10-12-21-24-23-20(27-21)11-9-16-6-3-4-8-18(16)26-2/h3-8,13,15H,9-12,14H2,1-2H3,(H,22,25)/t15-/m0/s1. The summed E-state index contributed by atoms with van der Waals surface area (Å²) in [6, 6.07) is 12.1. The Morgan fingerprint density at radius 2 is 1.93 bits per heavy atom. The molecule has 1 N–H and O–H groups in total. The first-order valence-electron chi connectivity index (χ1n) is 9.39. The normalized spacial score (nSPS) is 11.9. The van der Waals surface area contributed by atoms with Crippen molar-refractivity contribution in [2.24, 2.45) is 0 Å². The van der Waals surface area contributed by atoms with Gasteiger partial charge in [-0.25, -0.2) is 0 Å². The van der Waals surface area contributed by atoms with Gasteiger partial charge >= 0.3 is 0 Å². The van der Waals surface area contributed by atoms with E-state index in [2.05, 4.69) is 21.6 Å². The highest BCUT2D eigenvalue weighted by Crippen LogP contribution is 2.19. The lowest BCUT2D eigenvalue weighted by atomic mass is 10.1. The first-order valence-corrected chi connectivity index (χ1v) is 10.3. The quantitative estimate of drug-likeness (QED) is 0.564. The fourth-order valence-corrected chi connectivity index (χ4v) is 3.83. The largest absolute Gasteiger partial charge is 0.496 e. The maximum absolute atomic E-state index is 12.1. The van der Waals surface area contributed by atoms with Crippen LogP contribution in [0.25, 0.3) is 0 Å². The molecule has 0 saturated carbocycles. The van der Waals surface area contributed by atoms with Crippen molar-refractivity contribution in [3.05, 3.63) is 64.0 Å². The zero-order valence-electron chi connectivity index (χ0n) is 16.2. The van der Waals surface area contributed by atoms with Crippen LogP contribution in [0.4, 0.5) is 0 Å². The molecular weight excluding hydrogens is 374 g/mol. The van der Waals surface area contributed by atoms with Crippen LogP contribution in [0, 0.1) is 0 Å². The second kappa shape index (κ2) is 10.0. The summed E-state index contributed by atoms with van der Waals surface area (Å²) in [5.74, 6) is 1.93. The van der Waals surface area contributed by atoms with Gasteiger partial charge in [0, 0.05) is 36.6 Å². The summed E-state index contributed by atoms with van der Waals surface area (Å²) in [4.78, 5) is 13.4. The molecule has 1 aromatic carbocycles. The van der Waals surface area contributed by atoms with Gasteiger partial charge in [-0.2, -0.15) is 0 Å². The maximum atomic E-state index is 12.1. The Bertz CT molecular complexity index is 877. The molecule has 148 valence electrons. The van der Waals surface area contributed by atoms with E-state index < -0.39 is 0 Å². The van der Waals surface area contributed by atoms with E-state index in [1.54, 1.807) is 18.4 Å². The summed E-state index contributed by atoms with van der Waals surface area (Å²) < 4.78 is 11.0. The van der Waals surface area contributed by atoms with E-state index in [9.17, 15) is 4.79 Å². The average Bonchev–Trinajstić information content (AvgIpc) is 3.36. The van der Waals surface area contributed by atoms with E-state index in [1.165, 1.54) is 4.88 Å². The molecule has 0 unspecified atom stereocenters. The molecular formula is C21H25N3O3S. The number of aromatic nitrogens is 2. The minimum Gasteiger partial charge on any atom is -0.496 e. The third-order valence-corrected chi connectivity index (χ3v) is 5.27. The SMILES string of the molecule is COc1ccccc1CCc1nnc(CCC(=O)N[C@@H](C)Cc2cccs2)o1. The predicted molar refractivity (Wildman–Crippen MR) is 109 cm³/mol. The summed E-state index contributed by atoms with van der Waals surface area (Å²) in [5, 5.41) is 13.2. The lowest BCUT2D eigenvalue weighted by Crippen LogP contribution is -2.34. The lowest BCUT2D eigenvalue weighted by Gasteiger charge is -2.12. The Morgan fingerprint density at radius 3 is 2.68 bits per heavy atom. The number of carbonyl (C=O) groups is 1. The van der Waals surface area contributed by atoms with Gasteiger partial charge in [0.2, 0.25) is 17.7 Å². The van der Waals surface area contributed by atoms with Crippen molar-refractivity contribution in [1.82, 2.24) is 15.5 Å². The molecule has 6 nitrogen and oxygen atoms in total. The van der Waals surface area contributed by atoms with Crippen LogP contribution < -0.4 is 10.1 Å². The molecule has 0 saturated heterocycles. The minimum absolute atomic E-state index is 0.00201. The van der Waals surface area contributed by atoms with Crippen LogP contribution in [0.15, 0.2) is 46.2 Å². The average molecular weight is 400 g/mol. The topological polar surface area (TPSA) is 77.2 Å². The van der Waals surface area contributed by atoms with Crippen molar-refractivity contribution >= 4 is 17.2 Å². The molecule has 0 aliphatic carbocycles. The summed E-state index contributed by atoms with van der Waals surface area (Å²) >= 11 is 1.70. The van der Waals surface area contributed by atoms with E-state index in [0.29, 0.717) is 31.0 Å². The molecule has 28 heavy (non-hydrogen) atoms. The van der Waals surface area contributed by atoms with E-state index >= 15 is 0 Å². The molecule has 0 spiro atoms. The molecule has 7 heteroatoms. The Morgan fingerprint density at radius 1 is 1.14 bits per heavy atom. The van der Waals surface area contributed by atoms with Gasteiger partial charge in [0.05, 0.1) is 7.11 Å². The van der Waals surface area contributed by atoms with Gasteiger partial charge < -0.3 is 14.5 Å². The molecule has 0 aliphatic rings. The van der Waals surface area contributed by atoms with Crippen molar-refractivity contribution in [3.8, 4) is 5.75 Å². The lowest BCUT2D eigenvalue weighted by molar-refractivity contribution is -0.121. The second-order valence-electron chi connectivity index (χ2n) is 6.65. The number of ether oxygens (including phenoxy) is 1. The van der Waals surface area contributed by atoms with Gasteiger partial charge in [-0.15, -0.1) is 21.5 Å². The number of benzene rings is 1. The number of nitrogens with zero attached hydrogens (tertiary/aromatic N) is 2. The molecule has 0 aliphatic heterocycles. The van der Waals surface area contributed by atoms with Gasteiger partial charge in [0.1, 0.15) is 5.75 Å². The molecule has 0 radical (unpaired) electrons. The molecule has 0 bridgehead atoms. The van der Waals surface area contributed by atoms with Gasteiger partial charge in [0.25, 0.3) is 0 Å². The number of amides is 1. The van der Waals surface area contributed by atoms with E-state index in [0.717, 1.165) is 24.2 Å². The fraction of sp³-hybridized carbons (Fsp3) is 0.381. The van der Waals surface area contributed by atoms with Crippen molar-refractivity contribution in [2.45, 2.75) is 45.1 Å². The molecule has 1 atom stereocenters. The van der Waals surface area contributed by atoms with Crippen LogP contribution >= 0.6 is 11.3 Å². The summed E-state index contributed by atoms with van der Waals surface area (Å²) in [5.41, 5.74) is 1.10. The van der Waals surface area contributed by atoms with Gasteiger partial charge in [-0.05, 0) is 36.4 Å². The molecule has 0 fully saturated rings. The number of carbonyl (C=O) groups excluding carboxylic acids is 1. The number of hydrogen-bond acceptors (Lipinski definition) is 6. The predicted octanol–water partition coefficient (Wildman–Crippen LogP) is 3.60. The first kappa shape index (κ1) is 20.1. The van der Waals surface area contributed by atoms with Crippen molar-refractivity contribution in [1.29, 1.82) is 0 Å². The Kier molecular flexibility index (Phi) is 7.19. The number of rotatable bonds is 10. The summed E-state index contributed by atoms with van der Waals surface area (Å²) in [7, 11) is 1.66. The van der Waals surface area contributed by atoms with Crippen LogP contribution in [-0.4, -0.2) is 29.3 Å². The van der Waals surface area contributed by atoms with Gasteiger partial charge in [-0.1, -0.05) is 24.3 Å². The Hall–Kier alpha value is -2.67. The van der Waals surface area contributed by atoms with Gasteiger partial charge in [-0.3, -0.25) is 4.79 Å². The van der Waals surface area contributed by atoms with Crippen LogP contribution in [0.1, 0.15) is 35.6 Å². The van der Waals surface area contributed by atoms with E-state index in [1.807, 2.05) is 42.6 Å². The van der Waals surface area contributed by atoms with Crippen LogP contribution in [-0.2, 0) is 30.5 Å². The van der Waals surface area contributed by atoms with Crippen molar-refractivity contribution < 1.29 is 13.9 Å². The van der Waals surface area contributed by atoms with Crippen molar-refractivity contribution in [2.75, 3.05) is 7.11 Å². The third-order valence-electron chi connectivity index (χ3n) is 4.37. The van der Waals surface area contributed by atoms with Crippen molar-refractivity contribution in [3.63, 3.8) is 0 Å². The molecule has 2 heterocycles. The highest BCUT2D eigenvalue weighted by Gasteiger charge is 2.12. The maximum Gasteiger partial charge on any atom is 0.220 e. The molecule has 3 aromatic rings. The number of methoxy groups -OCH3 is 1. The van der Waals surface area contributed by atoms with E-state index in [-0.39, 0.29) is 11.9 Å². The number of hydrogen-bond donors (Lipinski definition) is 1. The smallest absolute Gasteiger partial charge is 0.220 e. The number of nitrogens with one attached hydrogen (secondary N) is 1. The fourth-order valence-electron chi connectivity index (χ4n) is 2.99. The summed E-state index contributed by atoms with van der Waals surface area (Å²) in [6.45, 7) is 2.01. The van der Waals surface area contributed by atoms with Crippen LogP contribution in [0.5, 0.6) is 5.75 Å². The zero-order valence-corrected chi connectivity index (χ0v) is 17.0. The Balaban J connectivity index is 1.42. The zero-order chi connectivity index (χ0) is 19.8. The molecule has 2 aromatic heterocycles. The van der Waals surface area contributed by atoms with Gasteiger partial charge in [0.15, 0.2) is 0 Å². The number of para-hydroxylation sites is 1. The highest BCUT2D eigenvalue weighted by molar-refractivity contribution is 7.09. The first-order chi connectivity index (χ1) is 13.6. The Labute approximate surface area is 168 Å². The second-order valence-corrected chi connectivity index (χ2v) is 7.69. The number of aryl methyl sites for hydroxylation is 3. The highest BCUT2D eigenvalue weighted by atomic mass is 32.1. The summed E-state index contributed by atoms with van der Waals surface area (Å²) in [6.07, 6.45) is 3.02. The number of thiophene rings is 1. The third kappa shape index (κ3) is 5.92. The van der Waals surface area contributed by atoms with Crippen LogP contribution in [0.3, 0.4) is 0 Å². The molecule has 3 rings (SSSR count). The monoisotopic (exact) mass is 399 g/mol. The van der Waals surface area contributed by atoms with Crippen LogP contribution in [0.2, 0.25) is 0 Å². The minimum atomic E-state index is -0.00201. The van der Waals surface area contributed by atoms with E-state index in [4.69, 9.17) is 9.15 Å². The molecule has 1 amide bonds.